The molecule has 118 valence electrons. The van der Waals surface area contributed by atoms with E-state index in [1.165, 1.54) is 0 Å². The third-order valence-electron chi connectivity index (χ3n) is 3.28. The van der Waals surface area contributed by atoms with Crippen molar-refractivity contribution in [3.8, 4) is 0 Å². The maximum absolute atomic E-state index is 13.2. The van der Waals surface area contributed by atoms with E-state index in [4.69, 9.17) is 0 Å². The molecule has 0 aliphatic rings. The first-order valence-electron chi connectivity index (χ1n) is 7.22. The minimum atomic E-state index is -0.780. The van der Waals surface area contributed by atoms with E-state index < -0.39 is 17.5 Å². The highest BCUT2D eigenvalue weighted by molar-refractivity contribution is 7.18. The van der Waals surface area contributed by atoms with Gasteiger partial charge in [0.25, 0.3) is 5.91 Å². The summed E-state index contributed by atoms with van der Waals surface area (Å²) in [7, 11) is 0. The molecule has 3 nitrogen and oxygen atoms in total. The topological polar surface area (TPSA) is 42.0 Å². The van der Waals surface area contributed by atoms with Gasteiger partial charge in [0.2, 0.25) is 0 Å². The molecule has 0 aliphatic heterocycles. The van der Waals surface area contributed by atoms with Gasteiger partial charge < -0.3 is 5.32 Å². The number of nitrogens with one attached hydrogen (secondary N) is 1. The number of carbonyl (C=O) groups excluding carboxylic acids is 1. The van der Waals surface area contributed by atoms with E-state index in [1.807, 2.05) is 12.1 Å². The van der Waals surface area contributed by atoms with Crippen molar-refractivity contribution in [2.45, 2.75) is 19.8 Å². The van der Waals surface area contributed by atoms with Gasteiger partial charge in [0.15, 0.2) is 0 Å². The van der Waals surface area contributed by atoms with Crippen LogP contribution in [0.15, 0.2) is 36.4 Å². The van der Waals surface area contributed by atoms with Gasteiger partial charge in [0.05, 0.1) is 15.2 Å². The Bertz CT molecular complexity index is 856. The number of hydrogen-bond donors (Lipinski definition) is 1. The standard InChI is InChI=1S/C17H14F2N2OS/c1-2-3-16-21-14-5-4-13(9-15(14)23-16)20-17(22)10-6-11(18)8-12(19)7-10/h4-9H,2-3H2,1H3,(H,20,22). The molecular weight excluding hydrogens is 318 g/mol. The fraction of sp³-hybridized carbons (Fsp3) is 0.176. The van der Waals surface area contributed by atoms with Gasteiger partial charge >= 0.3 is 0 Å². The number of anilines is 1. The Kier molecular flexibility index (Phi) is 4.34. The summed E-state index contributed by atoms with van der Waals surface area (Å²) in [5.74, 6) is -2.12. The zero-order chi connectivity index (χ0) is 16.4. The van der Waals surface area contributed by atoms with Crippen LogP contribution in [0.3, 0.4) is 0 Å². The first-order chi connectivity index (χ1) is 11.0. The molecule has 3 rings (SSSR count). The molecule has 1 N–H and O–H groups in total. The summed E-state index contributed by atoms with van der Waals surface area (Å²) in [6.07, 6.45) is 1.94. The molecule has 0 bridgehead atoms. The number of carbonyl (C=O) groups is 1. The van der Waals surface area contributed by atoms with Gasteiger partial charge in [0.1, 0.15) is 11.6 Å². The van der Waals surface area contributed by atoms with Gasteiger partial charge in [-0.3, -0.25) is 4.79 Å². The van der Waals surface area contributed by atoms with E-state index >= 15 is 0 Å². The van der Waals surface area contributed by atoms with Crippen LogP contribution in [-0.4, -0.2) is 10.9 Å². The maximum atomic E-state index is 13.2. The van der Waals surface area contributed by atoms with Gasteiger partial charge in [-0.25, -0.2) is 13.8 Å². The van der Waals surface area contributed by atoms with Crippen LogP contribution in [0.2, 0.25) is 0 Å². The smallest absolute Gasteiger partial charge is 0.255 e. The lowest BCUT2D eigenvalue weighted by molar-refractivity contribution is 0.102. The van der Waals surface area contributed by atoms with Crippen LogP contribution < -0.4 is 5.32 Å². The third-order valence-corrected chi connectivity index (χ3v) is 4.36. The van der Waals surface area contributed by atoms with Crippen LogP contribution in [0.25, 0.3) is 10.2 Å². The van der Waals surface area contributed by atoms with Crippen molar-refractivity contribution in [1.82, 2.24) is 4.98 Å². The highest BCUT2D eigenvalue weighted by atomic mass is 32.1. The minimum Gasteiger partial charge on any atom is -0.322 e. The van der Waals surface area contributed by atoms with E-state index in [1.54, 1.807) is 17.4 Å². The van der Waals surface area contributed by atoms with Crippen molar-refractivity contribution < 1.29 is 13.6 Å². The molecule has 1 aromatic heterocycles. The molecule has 0 saturated carbocycles. The van der Waals surface area contributed by atoms with E-state index in [-0.39, 0.29) is 5.56 Å². The highest BCUT2D eigenvalue weighted by Gasteiger charge is 2.11. The van der Waals surface area contributed by atoms with Crippen molar-refractivity contribution in [1.29, 1.82) is 0 Å². The van der Waals surface area contributed by atoms with Crippen LogP contribution in [0.1, 0.15) is 28.7 Å². The van der Waals surface area contributed by atoms with Gasteiger partial charge in [0, 0.05) is 17.3 Å². The van der Waals surface area contributed by atoms with Crippen molar-refractivity contribution in [2.75, 3.05) is 5.32 Å². The third kappa shape index (κ3) is 3.53. The second-order valence-corrected chi connectivity index (χ2v) is 6.27. The van der Waals surface area contributed by atoms with Crippen molar-refractivity contribution in [3.63, 3.8) is 0 Å². The first kappa shape index (κ1) is 15.6. The summed E-state index contributed by atoms with van der Waals surface area (Å²) in [5.41, 5.74) is 1.39. The Hall–Kier alpha value is -2.34. The number of amides is 1. The fourth-order valence-electron chi connectivity index (χ4n) is 2.26. The Balaban J connectivity index is 1.84. The molecule has 0 atom stereocenters. The van der Waals surface area contributed by atoms with Crippen molar-refractivity contribution in [3.05, 3.63) is 58.6 Å². The van der Waals surface area contributed by atoms with E-state index in [9.17, 15) is 13.6 Å². The highest BCUT2D eigenvalue weighted by Crippen LogP contribution is 2.26. The number of aromatic nitrogens is 1. The molecule has 2 aromatic carbocycles. The lowest BCUT2D eigenvalue weighted by atomic mass is 10.2. The quantitative estimate of drug-likeness (QED) is 0.747. The van der Waals surface area contributed by atoms with Gasteiger partial charge in [-0.2, -0.15) is 0 Å². The van der Waals surface area contributed by atoms with Gasteiger partial charge in [-0.15, -0.1) is 11.3 Å². The van der Waals surface area contributed by atoms with Crippen LogP contribution in [0.5, 0.6) is 0 Å². The van der Waals surface area contributed by atoms with Crippen LogP contribution in [0.4, 0.5) is 14.5 Å². The monoisotopic (exact) mass is 332 g/mol. The zero-order valence-electron chi connectivity index (χ0n) is 12.4. The molecule has 0 saturated heterocycles. The molecule has 1 heterocycles. The number of nitrogens with zero attached hydrogens (tertiary/aromatic N) is 1. The van der Waals surface area contributed by atoms with E-state index in [0.717, 1.165) is 46.3 Å². The summed E-state index contributed by atoms with van der Waals surface area (Å²) in [4.78, 5) is 16.6. The van der Waals surface area contributed by atoms with E-state index in [2.05, 4.69) is 17.2 Å². The Morgan fingerprint density at radius 1 is 1.17 bits per heavy atom. The van der Waals surface area contributed by atoms with Crippen LogP contribution in [0, 0.1) is 11.6 Å². The fourth-order valence-corrected chi connectivity index (χ4v) is 3.37. The summed E-state index contributed by atoms with van der Waals surface area (Å²) < 4.78 is 27.3. The average Bonchev–Trinajstić information content (AvgIpc) is 2.88. The molecule has 0 fully saturated rings. The number of aryl methyl sites for hydroxylation is 1. The molecule has 0 spiro atoms. The Labute approximate surface area is 136 Å². The number of thiazole rings is 1. The molecule has 1 amide bonds. The molecule has 0 radical (unpaired) electrons. The molecule has 0 unspecified atom stereocenters. The molecular formula is C17H14F2N2OS. The minimum absolute atomic E-state index is 0.0569. The molecule has 0 aliphatic carbocycles. The van der Waals surface area contributed by atoms with Gasteiger partial charge in [-0.1, -0.05) is 6.92 Å². The van der Waals surface area contributed by atoms with Gasteiger partial charge in [-0.05, 0) is 43.2 Å². The summed E-state index contributed by atoms with van der Waals surface area (Å²) in [6.45, 7) is 2.09. The Morgan fingerprint density at radius 3 is 2.61 bits per heavy atom. The first-order valence-corrected chi connectivity index (χ1v) is 8.03. The molecule has 3 aromatic rings. The normalized spacial score (nSPS) is 10.9. The summed E-state index contributed by atoms with van der Waals surface area (Å²) in [5, 5.41) is 3.71. The maximum Gasteiger partial charge on any atom is 0.255 e. The lowest BCUT2D eigenvalue weighted by Gasteiger charge is -2.05. The van der Waals surface area contributed by atoms with Crippen molar-refractivity contribution in [2.24, 2.45) is 0 Å². The Morgan fingerprint density at radius 2 is 1.91 bits per heavy atom. The SMILES string of the molecule is CCCc1nc2ccc(NC(=O)c3cc(F)cc(F)c3)cc2s1. The predicted octanol–water partition coefficient (Wildman–Crippen LogP) is 4.78. The summed E-state index contributed by atoms with van der Waals surface area (Å²) >= 11 is 1.58. The number of rotatable bonds is 4. The molecule has 23 heavy (non-hydrogen) atoms. The second kappa shape index (κ2) is 6.42. The second-order valence-electron chi connectivity index (χ2n) is 5.15. The van der Waals surface area contributed by atoms with Crippen LogP contribution >= 0.6 is 11.3 Å². The number of halogens is 2. The average molecular weight is 332 g/mol. The predicted molar refractivity (Wildman–Crippen MR) is 87.9 cm³/mol. The largest absolute Gasteiger partial charge is 0.322 e. The summed E-state index contributed by atoms with van der Waals surface area (Å²) in [6, 6.07) is 8.11. The number of fused-ring (bicyclic) bond motifs is 1. The number of benzene rings is 2. The van der Waals surface area contributed by atoms with E-state index in [0.29, 0.717) is 5.69 Å². The van der Waals surface area contributed by atoms with Crippen LogP contribution in [-0.2, 0) is 6.42 Å². The number of hydrogen-bond acceptors (Lipinski definition) is 3. The lowest BCUT2D eigenvalue weighted by Crippen LogP contribution is -2.12. The zero-order valence-corrected chi connectivity index (χ0v) is 13.2. The molecule has 6 heteroatoms. The van der Waals surface area contributed by atoms with Crippen molar-refractivity contribution >= 4 is 33.1 Å².